The molecule has 0 aliphatic carbocycles. The molecule has 0 radical (unpaired) electrons. The van der Waals surface area contributed by atoms with Crippen molar-refractivity contribution in [3.63, 3.8) is 0 Å². The molecule has 0 bridgehead atoms. The van der Waals surface area contributed by atoms with Gasteiger partial charge in [0.2, 0.25) is 6.29 Å². The van der Waals surface area contributed by atoms with Crippen LogP contribution in [0.15, 0.2) is 30.3 Å². The molecule has 2 fully saturated rings. The fourth-order valence-corrected chi connectivity index (χ4v) is 5.20. The molecule has 3 aliphatic heterocycles. The summed E-state index contributed by atoms with van der Waals surface area (Å²) in [5, 5.41) is 82.9. The molecule has 8 N–H and O–H groups in total. The molecule has 0 aromatic heterocycles. The van der Waals surface area contributed by atoms with E-state index in [2.05, 4.69) is 0 Å². The van der Waals surface area contributed by atoms with Crippen molar-refractivity contribution < 1.29 is 74.1 Å². The number of rotatable bonds is 7. The molecule has 4 unspecified atom stereocenters. The molecule has 2 aromatic carbocycles. The minimum absolute atomic E-state index is 0.0325. The molecule has 10 atom stereocenters. The predicted molar refractivity (Wildman–Crippen MR) is 141 cm³/mol. The molecule has 0 spiro atoms. The minimum atomic E-state index is -2.20. The zero-order valence-corrected chi connectivity index (χ0v) is 23.1. The van der Waals surface area contributed by atoms with Gasteiger partial charge in [0.25, 0.3) is 0 Å². The second kappa shape index (κ2) is 12.0. The molecule has 15 heteroatoms. The highest BCUT2D eigenvalue weighted by Gasteiger charge is 2.51. The van der Waals surface area contributed by atoms with E-state index in [-0.39, 0.29) is 35.0 Å². The van der Waals surface area contributed by atoms with Crippen LogP contribution in [0, 0.1) is 0 Å². The number of hydrogen-bond acceptors (Lipinski definition) is 15. The monoisotopic (exact) mass is 610 g/mol. The van der Waals surface area contributed by atoms with Gasteiger partial charge in [-0.1, -0.05) is 6.07 Å². The van der Waals surface area contributed by atoms with Crippen LogP contribution in [0.2, 0.25) is 0 Å². The molecular formula is C28H34O15. The van der Waals surface area contributed by atoms with Crippen LogP contribution in [0.1, 0.15) is 35.4 Å². The van der Waals surface area contributed by atoms with Gasteiger partial charge in [-0.15, -0.1) is 0 Å². The van der Waals surface area contributed by atoms with E-state index >= 15 is 0 Å². The van der Waals surface area contributed by atoms with E-state index in [1.54, 1.807) is 6.07 Å². The Morgan fingerprint density at radius 1 is 0.953 bits per heavy atom. The van der Waals surface area contributed by atoms with E-state index < -0.39 is 85.7 Å². The molecule has 2 saturated heterocycles. The minimum Gasteiger partial charge on any atom is -0.507 e. The van der Waals surface area contributed by atoms with E-state index in [0.29, 0.717) is 5.56 Å². The summed E-state index contributed by atoms with van der Waals surface area (Å²) < 4.78 is 32.8. The quantitative estimate of drug-likeness (QED) is 0.185. The van der Waals surface area contributed by atoms with Crippen LogP contribution in [-0.2, 0) is 14.2 Å². The molecule has 3 heterocycles. The van der Waals surface area contributed by atoms with E-state index in [1.807, 2.05) is 0 Å². The first-order valence-corrected chi connectivity index (χ1v) is 13.4. The zero-order chi connectivity index (χ0) is 31.2. The number of phenols is 2. The van der Waals surface area contributed by atoms with E-state index in [0.717, 1.165) is 6.07 Å². The van der Waals surface area contributed by atoms with Crippen LogP contribution in [0.3, 0.4) is 0 Å². The lowest BCUT2D eigenvalue weighted by Gasteiger charge is -2.44. The van der Waals surface area contributed by atoms with Crippen molar-refractivity contribution in [2.24, 2.45) is 0 Å². The maximum Gasteiger partial charge on any atom is 0.228 e. The van der Waals surface area contributed by atoms with Gasteiger partial charge in [0.1, 0.15) is 65.0 Å². The summed E-state index contributed by atoms with van der Waals surface area (Å²) >= 11 is 0. The molecule has 236 valence electrons. The van der Waals surface area contributed by atoms with Crippen LogP contribution in [0.5, 0.6) is 28.7 Å². The van der Waals surface area contributed by atoms with Gasteiger partial charge in [0.05, 0.1) is 32.8 Å². The van der Waals surface area contributed by atoms with Crippen molar-refractivity contribution in [3.8, 4) is 28.7 Å². The largest absolute Gasteiger partial charge is 0.507 e. The zero-order valence-electron chi connectivity index (χ0n) is 23.1. The SMILES string of the molecule is COc1ccc(C2CC(=O)c3c(O)cc(O[C@@H]4OC[C@](O)(CO[C@@H]5OC(C)[C@H](O)[C@H](O)C5O)[C@@H](O)C4O)cc3O2)cc1O. The lowest BCUT2D eigenvalue weighted by Crippen LogP contribution is -2.65. The number of ketones is 1. The topological polar surface area (TPSA) is 234 Å². The fraction of sp³-hybridized carbons (Fsp3) is 0.536. The maximum atomic E-state index is 12.9. The average molecular weight is 611 g/mol. The number of Topliss-reactive ketones (excluding diaryl/α,β-unsaturated/α-hetero) is 1. The van der Waals surface area contributed by atoms with E-state index in [9.17, 15) is 45.6 Å². The average Bonchev–Trinajstić information content (AvgIpc) is 2.97. The third-order valence-electron chi connectivity index (χ3n) is 7.76. The van der Waals surface area contributed by atoms with E-state index in [1.165, 1.54) is 32.2 Å². The highest BCUT2D eigenvalue weighted by Crippen LogP contribution is 2.43. The van der Waals surface area contributed by atoms with Crippen LogP contribution in [0.4, 0.5) is 0 Å². The molecule has 0 saturated carbocycles. The summed E-state index contributed by atoms with van der Waals surface area (Å²) in [5.41, 5.74) is -1.81. The standard InChI is InChI=1S/C28H34O15/c1-11-21(32)22(33)23(34)26(41-11)39-9-28(37)10-40-27(24(35)25(28)36)42-13-6-15(30)20-16(31)8-18(43-19(20)7-13)12-3-4-17(38-2)14(29)5-12/h3-7,11,18,21-27,29-30,32-37H,8-10H2,1-2H3/t11?,18?,21-,22-,23?,24?,25-,26+,27-,28+/m0/s1. The Morgan fingerprint density at radius 2 is 1.70 bits per heavy atom. The lowest BCUT2D eigenvalue weighted by molar-refractivity contribution is -0.325. The third kappa shape index (κ3) is 5.95. The highest BCUT2D eigenvalue weighted by atomic mass is 16.7. The summed E-state index contributed by atoms with van der Waals surface area (Å²) in [4.78, 5) is 12.9. The second-order valence-electron chi connectivity index (χ2n) is 10.8. The highest BCUT2D eigenvalue weighted by molar-refractivity contribution is 6.02. The molecule has 2 aromatic rings. The fourth-order valence-electron chi connectivity index (χ4n) is 5.20. The number of benzene rings is 2. The second-order valence-corrected chi connectivity index (χ2v) is 10.8. The predicted octanol–water partition coefficient (Wildman–Crippen LogP) is -1.16. The number of aliphatic hydroxyl groups is 6. The Bertz CT molecular complexity index is 1340. The Labute approximate surface area is 245 Å². The Morgan fingerprint density at radius 3 is 2.40 bits per heavy atom. The van der Waals surface area contributed by atoms with Crippen LogP contribution < -0.4 is 14.2 Å². The summed E-state index contributed by atoms with van der Waals surface area (Å²) in [6.07, 6.45) is -13.2. The number of aromatic hydroxyl groups is 2. The number of aliphatic hydroxyl groups excluding tert-OH is 5. The van der Waals surface area contributed by atoms with Crippen molar-refractivity contribution in [2.45, 2.75) is 74.3 Å². The lowest BCUT2D eigenvalue weighted by atomic mass is 9.91. The maximum absolute atomic E-state index is 12.9. The number of hydrogen-bond donors (Lipinski definition) is 8. The molecular weight excluding hydrogens is 576 g/mol. The van der Waals surface area contributed by atoms with Crippen molar-refractivity contribution in [2.75, 3.05) is 20.3 Å². The van der Waals surface area contributed by atoms with Crippen LogP contribution >= 0.6 is 0 Å². The molecule has 15 nitrogen and oxygen atoms in total. The number of fused-ring (bicyclic) bond motifs is 1. The number of carbonyl (C=O) groups excluding carboxylic acids is 1. The Balaban J connectivity index is 1.26. The first-order valence-electron chi connectivity index (χ1n) is 13.4. The van der Waals surface area contributed by atoms with Gasteiger partial charge in [0, 0.05) is 12.1 Å². The van der Waals surface area contributed by atoms with Crippen molar-refractivity contribution in [1.82, 2.24) is 0 Å². The Kier molecular flexibility index (Phi) is 8.72. The van der Waals surface area contributed by atoms with Gasteiger partial charge >= 0.3 is 0 Å². The summed E-state index contributed by atoms with van der Waals surface area (Å²) in [6, 6.07) is 6.93. The number of phenolic OH excluding ortho intramolecular Hbond substituents is 2. The van der Waals surface area contributed by atoms with Gasteiger partial charge in [-0.25, -0.2) is 0 Å². The first kappa shape index (κ1) is 31.2. The number of ether oxygens (including phenoxy) is 6. The Hall–Kier alpha value is -3.25. The number of methoxy groups -OCH3 is 1. The molecule has 5 rings (SSSR count). The van der Waals surface area contributed by atoms with E-state index in [4.69, 9.17) is 28.4 Å². The normalized spacial score (nSPS) is 36.0. The first-order chi connectivity index (χ1) is 20.3. The summed E-state index contributed by atoms with van der Waals surface area (Å²) in [7, 11) is 1.40. The van der Waals surface area contributed by atoms with Gasteiger partial charge < -0.3 is 69.3 Å². The van der Waals surface area contributed by atoms with Crippen molar-refractivity contribution in [1.29, 1.82) is 0 Å². The van der Waals surface area contributed by atoms with Gasteiger partial charge in [0.15, 0.2) is 23.6 Å². The van der Waals surface area contributed by atoms with Crippen LogP contribution in [0.25, 0.3) is 0 Å². The third-order valence-corrected chi connectivity index (χ3v) is 7.76. The van der Waals surface area contributed by atoms with Gasteiger partial charge in [-0.2, -0.15) is 0 Å². The summed E-state index contributed by atoms with van der Waals surface area (Å²) in [6.45, 7) is 0.125. The van der Waals surface area contributed by atoms with Crippen molar-refractivity contribution in [3.05, 3.63) is 41.5 Å². The van der Waals surface area contributed by atoms with Crippen molar-refractivity contribution >= 4 is 5.78 Å². The van der Waals surface area contributed by atoms with Crippen LogP contribution in [-0.4, -0.2) is 122 Å². The summed E-state index contributed by atoms with van der Waals surface area (Å²) in [5.74, 6) is -0.933. The van der Waals surface area contributed by atoms with Gasteiger partial charge in [-0.3, -0.25) is 4.79 Å². The van der Waals surface area contributed by atoms with Gasteiger partial charge in [-0.05, 0) is 24.6 Å². The molecule has 0 amide bonds. The molecule has 3 aliphatic rings. The molecule has 43 heavy (non-hydrogen) atoms. The number of carbonyl (C=O) groups is 1. The smallest absolute Gasteiger partial charge is 0.228 e.